The van der Waals surface area contributed by atoms with Gasteiger partial charge in [-0.05, 0) is 36.3 Å². The van der Waals surface area contributed by atoms with E-state index in [2.05, 4.69) is 5.32 Å². The molecule has 1 aliphatic carbocycles. The number of hydrogen-bond donors (Lipinski definition) is 1. The summed E-state index contributed by atoms with van der Waals surface area (Å²) in [5.74, 6) is -2.02. The molecule has 3 amide bonds. The van der Waals surface area contributed by atoms with Crippen molar-refractivity contribution in [2.45, 2.75) is 53.0 Å². The number of fused-ring (bicyclic) bond motifs is 2. The average Bonchev–Trinajstić information content (AvgIpc) is 3.43. The van der Waals surface area contributed by atoms with Gasteiger partial charge in [-0.15, -0.1) is 11.3 Å². The van der Waals surface area contributed by atoms with Gasteiger partial charge in [0.1, 0.15) is 16.6 Å². The van der Waals surface area contributed by atoms with Crippen molar-refractivity contribution in [3.05, 3.63) is 77.2 Å². The number of carbonyl (C=O) groups excluding carboxylic acids is 4. The van der Waals surface area contributed by atoms with Gasteiger partial charge in [0.05, 0.1) is 12.0 Å². The summed E-state index contributed by atoms with van der Waals surface area (Å²) in [6.45, 7) is 7.78. The van der Waals surface area contributed by atoms with Crippen molar-refractivity contribution in [2.75, 3.05) is 11.9 Å². The summed E-state index contributed by atoms with van der Waals surface area (Å²) in [6, 6.07) is 17.7. The van der Waals surface area contributed by atoms with Crippen molar-refractivity contribution in [1.82, 2.24) is 4.90 Å². The minimum Gasteiger partial charge on any atom is -0.462 e. The molecule has 3 aromatic rings. The predicted octanol–water partition coefficient (Wildman–Crippen LogP) is 5.95. The third-order valence-electron chi connectivity index (χ3n) is 8.93. The van der Waals surface area contributed by atoms with Gasteiger partial charge in [-0.2, -0.15) is 0 Å². The molecule has 1 N–H and O–H groups in total. The van der Waals surface area contributed by atoms with Crippen molar-refractivity contribution in [3.63, 3.8) is 0 Å². The van der Waals surface area contributed by atoms with Gasteiger partial charge in [-0.25, -0.2) is 4.79 Å². The Hall–Kier alpha value is -3.78. The number of amides is 3. The van der Waals surface area contributed by atoms with Gasteiger partial charge >= 0.3 is 5.97 Å². The third kappa shape index (κ3) is 4.54. The number of hydrogen-bond acceptors (Lipinski definition) is 6. The predicted molar refractivity (Wildman–Crippen MR) is 155 cm³/mol. The second kappa shape index (κ2) is 10.7. The van der Waals surface area contributed by atoms with E-state index in [4.69, 9.17) is 4.74 Å². The summed E-state index contributed by atoms with van der Waals surface area (Å²) in [4.78, 5) is 56.2. The Bertz CT molecular complexity index is 1450. The van der Waals surface area contributed by atoms with Crippen LogP contribution in [-0.4, -0.2) is 41.2 Å². The average molecular weight is 559 g/mol. The second-order valence-electron chi connectivity index (χ2n) is 11.3. The minimum atomic E-state index is -1.07. The maximum absolute atomic E-state index is 14.1. The number of imide groups is 1. The van der Waals surface area contributed by atoms with E-state index < -0.39 is 28.7 Å². The number of thiophene rings is 1. The van der Waals surface area contributed by atoms with E-state index in [0.717, 1.165) is 11.1 Å². The van der Waals surface area contributed by atoms with E-state index in [9.17, 15) is 19.2 Å². The minimum absolute atomic E-state index is 0.166. The first-order chi connectivity index (χ1) is 19.1. The van der Waals surface area contributed by atoms with Crippen LogP contribution >= 0.6 is 11.3 Å². The molecule has 0 radical (unpaired) electrons. The Morgan fingerprint density at radius 2 is 1.70 bits per heavy atom. The van der Waals surface area contributed by atoms with Crippen LogP contribution in [0.2, 0.25) is 0 Å². The molecule has 0 spiro atoms. The molecule has 3 atom stereocenters. The van der Waals surface area contributed by atoms with E-state index >= 15 is 0 Å². The highest BCUT2D eigenvalue weighted by molar-refractivity contribution is 7.15. The molecule has 3 unspecified atom stereocenters. The first kappa shape index (κ1) is 27.8. The molecule has 8 heteroatoms. The molecule has 1 saturated carbocycles. The fraction of sp³-hybridized carbons (Fsp3) is 0.375. The topological polar surface area (TPSA) is 92.8 Å². The summed E-state index contributed by atoms with van der Waals surface area (Å²) in [7, 11) is 0. The molecule has 2 aliphatic rings. The Morgan fingerprint density at radius 3 is 2.35 bits per heavy atom. The van der Waals surface area contributed by atoms with E-state index in [1.54, 1.807) is 6.92 Å². The SMILES string of the molecule is CCOC(=O)c1c(-c2ccccc2)csc1NC(=O)C(Cc1ccccc1)N1C(=O)C2CCC(C)(C1=O)C2(C)C. The monoisotopic (exact) mass is 558 g/mol. The van der Waals surface area contributed by atoms with E-state index in [-0.39, 0.29) is 36.3 Å². The number of rotatable bonds is 8. The molecular formula is C32H34N2O5S. The zero-order valence-corrected chi connectivity index (χ0v) is 24.0. The molecule has 2 bridgehead atoms. The Balaban J connectivity index is 1.54. The van der Waals surface area contributed by atoms with E-state index in [1.807, 2.05) is 86.8 Å². The maximum atomic E-state index is 14.1. The van der Waals surface area contributed by atoms with Crippen LogP contribution in [0.4, 0.5) is 5.00 Å². The van der Waals surface area contributed by atoms with Gasteiger partial charge in [0.15, 0.2) is 0 Å². The van der Waals surface area contributed by atoms with Crippen LogP contribution in [-0.2, 0) is 25.5 Å². The Labute approximate surface area is 238 Å². The molecule has 1 aliphatic heterocycles. The van der Waals surface area contributed by atoms with Crippen molar-refractivity contribution < 1.29 is 23.9 Å². The quantitative estimate of drug-likeness (QED) is 0.272. The number of anilines is 1. The lowest BCUT2D eigenvalue weighted by Gasteiger charge is -2.49. The largest absolute Gasteiger partial charge is 0.462 e. The van der Waals surface area contributed by atoms with Crippen LogP contribution in [0.25, 0.3) is 11.1 Å². The lowest BCUT2D eigenvalue weighted by molar-refractivity contribution is -0.172. The fourth-order valence-electron chi connectivity index (χ4n) is 6.16. The van der Waals surface area contributed by atoms with Gasteiger partial charge in [0.25, 0.3) is 0 Å². The first-order valence-electron chi connectivity index (χ1n) is 13.7. The molecule has 5 rings (SSSR count). The third-order valence-corrected chi connectivity index (χ3v) is 9.83. The summed E-state index contributed by atoms with van der Waals surface area (Å²) in [5, 5.41) is 5.05. The summed E-state index contributed by atoms with van der Waals surface area (Å²) in [6.07, 6.45) is 1.38. The zero-order chi connectivity index (χ0) is 28.7. The molecule has 1 saturated heterocycles. The Kier molecular flexibility index (Phi) is 7.40. The van der Waals surface area contributed by atoms with Crippen LogP contribution in [0.1, 0.15) is 56.5 Å². The molecule has 208 valence electrons. The number of nitrogens with one attached hydrogen (secondary N) is 1. The number of benzene rings is 2. The number of ether oxygens (including phenoxy) is 1. The van der Waals surface area contributed by atoms with Gasteiger partial charge in [-0.1, -0.05) is 81.4 Å². The molecule has 2 aromatic carbocycles. The highest BCUT2D eigenvalue weighted by Gasteiger charge is 2.65. The van der Waals surface area contributed by atoms with E-state index in [0.29, 0.717) is 23.4 Å². The summed E-state index contributed by atoms with van der Waals surface area (Å²) in [5.41, 5.74) is 1.30. The van der Waals surface area contributed by atoms with Crippen LogP contribution in [0.3, 0.4) is 0 Å². The Morgan fingerprint density at radius 1 is 1.05 bits per heavy atom. The fourth-order valence-corrected chi connectivity index (χ4v) is 7.12. The van der Waals surface area contributed by atoms with Crippen molar-refractivity contribution >= 4 is 40.0 Å². The number of likely N-dealkylation sites (tertiary alicyclic amines) is 1. The van der Waals surface area contributed by atoms with Crippen LogP contribution in [0, 0.1) is 16.7 Å². The lowest BCUT2D eigenvalue weighted by atomic mass is 9.62. The zero-order valence-electron chi connectivity index (χ0n) is 23.2. The molecule has 2 fully saturated rings. The van der Waals surface area contributed by atoms with Crippen molar-refractivity contribution in [1.29, 1.82) is 0 Å². The maximum Gasteiger partial charge on any atom is 0.341 e. The van der Waals surface area contributed by atoms with Crippen LogP contribution in [0.15, 0.2) is 66.0 Å². The first-order valence-corrected chi connectivity index (χ1v) is 14.5. The second-order valence-corrected chi connectivity index (χ2v) is 12.2. The lowest BCUT2D eigenvalue weighted by Crippen LogP contribution is -2.64. The van der Waals surface area contributed by atoms with Gasteiger partial charge < -0.3 is 10.1 Å². The van der Waals surface area contributed by atoms with Gasteiger partial charge in [-0.3, -0.25) is 19.3 Å². The van der Waals surface area contributed by atoms with Gasteiger partial charge in [0.2, 0.25) is 17.7 Å². The van der Waals surface area contributed by atoms with Crippen molar-refractivity contribution in [2.24, 2.45) is 16.7 Å². The summed E-state index contributed by atoms with van der Waals surface area (Å²) < 4.78 is 5.35. The number of nitrogens with zero attached hydrogens (tertiary/aromatic N) is 1. The highest BCUT2D eigenvalue weighted by atomic mass is 32.1. The molecular weight excluding hydrogens is 524 g/mol. The smallest absolute Gasteiger partial charge is 0.341 e. The van der Waals surface area contributed by atoms with Crippen molar-refractivity contribution in [3.8, 4) is 11.1 Å². The molecule has 7 nitrogen and oxygen atoms in total. The number of esters is 1. The summed E-state index contributed by atoms with van der Waals surface area (Å²) >= 11 is 1.22. The van der Waals surface area contributed by atoms with E-state index in [1.165, 1.54) is 16.2 Å². The molecule has 1 aromatic heterocycles. The standard InChI is InChI=1S/C32H34N2O5S/c1-5-39-29(37)25-22(21-14-10-7-11-15-21)19-40-27(25)33-26(35)24(18-20-12-8-6-9-13-20)34-28(36)23-16-17-32(4,30(34)38)31(23,2)3/h6-15,19,23-24H,5,16-18H2,1-4H3,(H,33,35). The highest BCUT2D eigenvalue weighted by Crippen LogP contribution is 2.60. The van der Waals surface area contributed by atoms with Gasteiger partial charge in [0, 0.05) is 23.3 Å². The number of piperidine rings is 1. The van der Waals surface area contributed by atoms with Crippen LogP contribution < -0.4 is 5.32 Å². The molecule has 40 heavy (non-hydrogen) atoms. The molecule has 2 heterocycles. The number of carbonyl (C=O) groups is 4. The van der Waals surface area contributed by atoms with Crippen LogP contribution in [0.5, 0.6) is 0 Å². The normalized spacial score (nSPS) is 22.2.